The van der Waals surface area contributed by atoms with E-state index in [1.807, 2.05) is 31.6 Å². The Morgan fingerprint density at radius 1 is 1.46 bits per heavy atom. The van der Waals surface area contributed by atoms with Crippen molar-refractivity contribution in [3.8, 4) is 0 Å². The van der Waals surface area contributed by atoms with Gasteiger partial charge in [0, 0.05) is 24.7 Å². The molecule has 0 saturated heterocycles. The molecule has 2 rings (SSSR count). The van der Waals surface area contributed by atoms with Crippen LogP contribution in [0.4, 0.5) is 5.69 Å². The van der Waals surface area contributed by atoms with Crippen molar-refractivity contribution in [1.82, 2.24) is 24.9 Å². The molecular formula is C15H22N6O3. The lowest BCUT2D eigenvalue weighted by atomic mass is 10.1. The first-order valence-corrected chi connectivity index (χ1v) is 7.83. The van der Waals surface area contributed by atoms with E-state index in [1.165, 1.54) is 10.9 Å². The molecule has 1 atom stereocenters. The SMILES string of the molecule is CCn1cc([C@H](C)NC(=O)CCn2ncc([N+](=O)[O-])c2C)c(C)n1. The number of amides is 1. The van der Waals surface area contributed by atoms with Crippen LogP contribution in [-0.2, 0) is 17.9 Å². The minimum Gasteiger partial charge on any atom is -0.349 e. The molecule has 0 radical (unpaired) electrons. The van der Waals surface area contributed by atoms with E-state index < -0.39 is 4.92 Å². The number of carbonyl (C=O) groups excluding carboxylic acids is 1. The molecule has 1 N–H and O–H groups in total. The summed E-state index contributed by atoms with van der Waals surface area (Å²) in [6.45, 7) is 8.52. The highest BCUT2D eigenvalue weighted by atomic mass is 16.6. The molecule has 2 aromatic rings. The highest BCUT2D eigenvalue weighted by Crippen LogP contribution is 2.18. The molecule has 24 heavy (non-hydrogen) atoms. The first kappa shape index (κ1) is 17.6. The second-order valence-corrected chi connectivity index (χ2v) is 5.66. The molecule has 0 aliphatic heterocycles. The molecule has 0 aliphatic rings. The number of hydrogen-bond donors (Lipinski definition) is 1. The normalized spacial score (nSPS) is 12.2. The Kier molecular flexibility index (Phi) is 5.32. The number of hydrogen-bond acceptors (Lipinski definition) is 5. The maximum Gasteiger partial charge on any atom is 0.309 e. The van der Waals surface area contributed by atoms with Gasteiger partial charge in [0.2, 0.25) is 5.91 Å². The third-order valence-electron chi connectivity index (χ3n) is 3.98. The van der Waals surface area contributed by atoms with E-state index >= 15 is 0 Å². The van der Waals surface area contributed by atoms with Crippen LogP contribution in [0, 0.1) is 24.0 Å². The molecule has 0 unspecified atom stereocenters. The number of rotatable bonds is 7. The summed E-state index contributed by atoms with van der Waals surface area (Å²) in [6, 6.07) is -0.147. The molecule has 9 heteroatoms. The highest BCUT2D eigenvalue weighted by molar-refractivity contribution is 5.76. The minimum atomic E-state index is -0.477. The van der Waals surface area contributed by atoms with E-state index in [9.17, 15) is 14.9 Å². The van der Waals surface area contributed by atoms with Crippen molar-refractivity contribution in [2.24, 2.45) is 0 Å². The largest absolute Gasteiger partial charge is 0.349 e. The first-order chi connectivity index (χ1) is 11.3. The standard InChI is InChI=1S/C15H22N6O3/c1-5-19-9-13(11(3)18-19)10(2)17-15(22)6-7-20-12(4)14(8-16-20)21(23)24/h8-10H,5-7H2,1-4H3,(H,17,22)/t10-/m0/s1. The van der Waals surface area contributed by atoms with Crippen molar-refractivity contribution in [2.45, 2.75) is 53.2 Å². The number of nitro groups is 1. The molecule has 0 spiro atoms. The summed E-state index contributed by atoms with van der Waals surface area (Å²) in [5.41, 5.74) is 2.28. The fourth-order valence-electron chi connectivity index (χ4n) is 2.56. The number of nitrogens with zero attached hydrogens (tertiary/aromatic N) is 5. The zero-order valence-corrected chi connectivity index (χ0v) is 14.3. The van der Waals surface area contributed by atoms with Crippen LogP contribution in [0.2, 0.25) is 0 Å². The van der Waals surface area contributed by atoms with Crippen LogP contribution in [0.15, 0.2) is 12.4 Å². The highest BCUT2D eigenvalue weighted by Gasteiger charge is 2.18. The summed E-state index contributed by atoms with van der Waals surface area (Å²) >= 11 is 0. The topological polar surface area (TPSA) is 108 Å². The summed E-state index contributed by atoms with van der Waals surface area (Å²) in [6.07, 6.45) is 3.34. The van der Waals surface area contributed by atoms with Gasteiger partial charge in [0.1, 0.15) is 11.9 Å². The smallest absolute Gasteiger partial charge is 0.309 e. The van der Waals surface area contributed by atoms with Crippen molar-refractivity contribution < 1.29 is 9.72 Å². The van der Waals surface area contributed by atoms with Gasteiger partial charge in [-0.3, -0.25) is 24.3 Å². The summed E-state index contributed by atoms with van der Waals surface area (Å²) in [4.78, 5) is 22.4. The lowest BCUT2D eigenvalue weighted by Crippen LogP contribution is -2.27. The van der Waals surface area contributed by atoms with Crippen molar-refractivity contribution >= 4 is 11.6 Å². The van der Waals surface area contributed by atoms with Gasteiger partial charge in [0.05, 0.1) is 23.2 Å². The van der Waals surface area contributed by atoms with Gasteiger partial charge in [-0.05, 0) is 27.7 Å². The van der Waals surface area contributed by atoms with Crippen molar-refractivity contribution in [2.75, 3.05) is 0 Å². The Hall–Kier alpha value is -2.71. The lowest BCUT2D eigenvalue weighted by Gasteiger charge is -2.13. The Labute approximate surface area is 139 Å². The fourth-order valence-corrected chi connectivity index (χ4v) is 2.56. The third-order valence-corrected chi connectivity index (χ3v) is 3.98. The summed E-state index contributed by atoms with van der Waals surface area (Å²) in [5, 5.41) is 22.1. The van der Waals surface area contributed by atoms with Gasteiger partial charge in [-0.1, -0.05) is 0 Å². The van der Waals surface area contributed by atoms with Gasteiger partial charge in [0.25, 0.3) is 0 Å². The average molecular weight is 334 g/mol. The van der Waals surface area contributed by atoms with Crippen molar-refractivity contribution in [3.05, 3.63) is 39.5 Å². The van der Waals surface area contributed by atoms with Gasteiger partial charge in [-0.25, -0.2) is 0 Å². The van der Waals surface area contributed by atoms with Gasteiger partial charge in [0.15, 0.2) is 0 Å². The summed E-state index contributed by atoms with van der Waals surface area (Å²) < 4.78 is 3.31. The van der Waals surface area contributed by atoms with Crippen LogP contribution in [-0.4, -0.2) is 30.4 Å². The zero-order valence-electron chi connectivity index (χ0n) is 14.3. The van der Waals surface area contributed by atoms with Crippen LogP contribution in [0.25, 0.3) is 0 Å². The van der Waals surface area contributed by atoms with Gasteiger partial charge in [-0.2, -0.15) is 10.2 Å². The Balaban J connectivity index is 1.93. The van der Waals surface area contributed by atoms with E-state index in [0.717, 1.165) is 17.8 Å². The Bertz CT molecular complexity index is 748. The quantitative estimate of drug-likeness (QED) is 0.614. The maximum atomic E-state index is 12.1. The molecule has 0 fully saturated rings. The zero-order chi connectivity index (χ0) is 17.9. The first-order valence-electron chi connectivity index (χ1n) is 7.83. The van der Waals surface area contributed by atoms with Crippen molar-refractivity contribution in [1.29, 1.82) is 0 Å². The summed E-state index contributed by atoms with van der Waals surface area (Å²) in [7, 11) is 0. The monoisotopic (exact) mass is 334 g/mol. The predicted molar refractivity (Wildman–Crippen MR) is 87.4 cm³/mol. The van der Waals surface area contributed by atoms with E-state index in [0.29, 0.717) is 12.2 Å². The van der Waals surface area contributed by atoms with Crippen LogP contribution in [0.5, 0.6) is 0 Å². The van der Waals surface area contributed by atoms with Crippen molar-refractivity contribution in [3.63, 3.8) is 0 Å². The van der Waals surface area contributed by atoms with Gasteiger partial charge < -0.3 is 5.32 Å². The van der Waals surface area contributed by atoms with E-state index in [2.05, 4.69) is 15.5 Å². The second kappa shape index (κ2) is 7.24. The van der Waals surface area contributed by atoms with Gasteiger partial charge >= 0.3 is 5.69 Å². The Morgan fingerprint density at radius 3 is 2.71 bits per heavy atom. The van der Waals surface area contributed by atoms with E-state index in [-0.39, 0.29) is 24.1 Å². The minimum absolute atomic E-state index is 0.0358. The number of aryl methyl sites for hydroxylation is 3. The average Bonchev–Trinajstić information content (AvgIpc) is 3.08. The molecule has 2 aromatic heterocycles. The number of aromatic nitrogens is 4. The molecule has 1 amide bonds. The van der Waals surface area contributed by atoms with E-state index in [4.69, 9.17) is 0 Å². The molecule has 130 valence electrons. The molecule has 0 saturated carbocycles. The maximum absolute atomic E-state index is 12.1. The molecular weight excluding hydrogens is 312 g/mol. The second-order valence-electron chi connectivity index (χ2n) is 5.66. The lowest BCUT2D eigenvalue weighted by molar-refractivity contribution is -0.385. The van der Waals surface area contributed by atoms with Crippen LogP contribution in [0.3, 0.4) is 0 Å². The molecule has 0 aliphatic carbocycles. The summed E-state index contributed by atoms with van der Waals surface area (Å²) in [5.74, 6) is -0.135. The van der Waals surface area contributed by atoms with E-state index in [1.54, 1.807) is 6.92 Å². The molecule has 2 heterocycles. The van der Waals surface area contributed by atoms with Gasteiger partial charge in [-0.15, -0.1) is 0 Å². The fraction of sp³-hybridized carbons (Fsp3) is 0.533. The van der Waals surface area contributed by atoms with Crippen LogP contribution < -0.4 is 5.32 Å². The third kappa shape index (κ3) is 3.79. The Morgan fingerprint density at radius 2 is 2.17 bits per heavy atom. The van der Waals surface area contributed by atoms with Crippen LogP contribution >= 0.6 is 0 Å². The number of carbonyl (C=O) groups is 1. The van der Waals surface area contributed by atoms with Crippen LogP contribution in [0.1, 0.15) is 43.3 Å². The number of nitrogens with one attached hydrogen (secondary N) is 1. The predicted octanol–water partition coefficient (Wildman–Crippen LogP) is 1.89. The molecule has 0 bridgehead atoms. The molecule has 9 nitrogen and oxygen atoms in total. The molecule has 0 aromatic carbocycles.